The lowest BCUT2D eigenvalue weighted by Gasteiger charge is -2.11. The Morgan fingerprint density at radius 1 is 1.14 bits per heavy atom. The van der Waals surface area contributed by atoms with Gasteiger partial charge in [0.2, 0.25) is 5.91 Å². The van der Waals surface area contributed by atoms with E-state index in [0.717, 1.165) is 11.3 Å². The zero-order valence-corrected chi connectivity index (χ0v) is 13.0. The van der Waals surface area contributed by atoms with Gasteiger partial charge < -0.3 is 10.1 Å². The third-order valence-electron chi connectivity index (χ3n) is 3.49. The highest BCUT2D eigenvalue weighted by Gasteiger charge is 2.05. The molecule has 0 aliphatic carbocycles. The minimum absolute atomic E-state index is 0.0846. The molecule has 0 heterocycles. The van der Waals surface area contributed by atoms with Gasteiger partial charge >= 0.3 is 0 Å². The summed E-state index contributed by atoms with van der Waals surface area (Å²) in [5.41, 5.74) is 2.19. The van der Waals surface area contributed by atoms with Crippen molar-refractivity contribution in [2.24, 2.45) is 0 Å². The van der Waals surface area contributed by atoms with E-state index in [4.69, 9.17) is 4.74 Å². The van der Waals surface area contributed by atoms with Gasteiger partial charge in [-0.15, -0.1) is 0 Å². The van der Waals surface area contributed by atoms with Crippen LogP contribution in [-0.4, -0.2) is 19.6 Å². The summed E-state index contributed by atoms with van der Waals surface area (Å²) in [7, 11) is 1.63. The molecule has 1 amide bonds. The molecule has 0 bridgehead atoms. The van der Waals surface area contributed by atoms with E-state index in [1.54, 1.807) is 19.3 Å². The van der Waals surface area contributed by atoms with Gasteiger partial charge in [0.15, 0.2) is 0 Å². The van der Waals surface area contributed by atoms with Crippen LogP contribution in [0.3, 0.4) is 0 Å². The Balaban J connectivity index is 1.83. The molecular weight excluding hydrogens is 274 g/mol. The number of methoxy groups -OCH3 is 1. The first kappa shape index (κ1) is 15.8. The van der Waals surface area contributed by atoms with Crippen LogP contribution in [0.1, 0.15) is 24.0 Å². The normalized spacial score (nSPS) is 12.1. The van der Waals surface area contributed by atoms with Crippen LogP contribution in [-0.2, 0) is 4.79 Å². The van der Waals surface area contributed by atoms with Gasteiger partial charge in [-0.1, -0.05) is 49.4 Å². The molecule has 0 saturated carbocycles. The molecule has 0 fully saturated rings. The molecule has 0 spiro atoms. The standard InChI is InChI=1S/C19H21NO2/c1-15(17-6-4-3-5-7-17)14-20-19(21)13-10-16-8-11-18(22-2)12-9-16/h3-13,15H,14H2,1-2H3,(H,20,21)/b13-10+/t15-/m1/s1. The van der Waals surface area contributed by atoms with Crippen molar-refractivity contribution < 1.29 is 9.53 Å². The third kappa shape index (κ3) is 4.77. The topological polar surface area (TPSA) is 38.3 Å². The highest BCUT2D eigenvalue weighted by Crippen LogP contribution is 2.13. The van der Waals surface area contributed by atoms with Crippen molar-refractivity contribution in [2.75, 3.05) is 13.7 Å². The number of nitrogens with one attached hydrogen (secondary N) is 1. The Hall–Kier alpha value is -2.55. The zero-order valence-electron chi connectivity index (χ0n) is 13.0. The summed E-state index contributed by atoms with van der Waals surface area (Å²) in [5.74, 6) is 1.01. The van der Waals surface area contributed by atoms with Gasteiger partial charge in [-0.3, -0.25) is 4.79 Å². The van der Waals surface area contributed by atoms with E-state index in [2.05, 4.69) is 24.4 Å². The van der Waals surface area contributed by atoms with E-state index < -0.39 is 0 Å². The van der Waals surface area contributed by atoms with Crippen molar-refractivity contribution in [1.29, 1.82) is 0 Å². The van der Waals surface area contributed by atoms with Gasteiger partial charge in [0.25, 0.3) is 0 Å². The Bertz CT molecular complexity index is 618. The predicted octanol–water partition coefficient (Wildman–Crippen LogP) is 3.63. The molecule has 2 rings (SSSR count). The van der Waals surface area contributed by atoms with E-state index in [9.17, 15) is 4.79 Å². The zero-order chi connectivity index (χ0) is 15.8. The van der Waals surface area contributed by atoms with E-state index in [0.29, 0.717) is 12.5 Å². The lowest BCUT2D eigenvalue weighted by molar-refractivity contribution is -0.116. The Labute approximate surface area is 131 Å². The summed E-state index contributed by atoms with van der Waals surface area (Å²) in [6.07, 6.45) is 3.35. The average Bonchev–Trinajstić information content (AvgIpc) is 2.59. The fourth-order valence-corrected chi connectivity index (χ4v) is 2.10. The van der Waals surface area contributed by atoms with E-state index in [1.165, 1.54) is 5.56 Å². The van der Waals surface area contributed by atoms with Crippen LogP contribution >= 0.6 is 0 Å². The van der Waals surface area contributed by atoms with Crippen LogP contribution in [0.25, 0.3) is 6.08 Å². The van der Waals surface area contributed by atoms with E-state index in [-0.39, 0.29) is 5.91 Å². The van der Waals surface area contributed by atoms with Crippen molar-refractivity contribution in [3.63, 3.8) is 0 Å². The number of amides is 1. The molecule has 3 nitrogen and oxygen atoms in total. The van der Waals surface area contributed by atoms with Crippen molar-refractivity contribution >= 4 is 12.0 Å². The summed E-state index contributed by atoms with van der Waals surface area (Å²) in [6, 6.07) is 17.7. The van der Waals surface area contributed by atoms with E-state index in [1.807, 2.05) is 42.5 Å². The second-order valence-electron chi connectivity index (χ2n) is 5.16. The fraction of sp³-hybridized carbons (Fsp3) is 0.211. The smallest absolute Gasteiger partial charge is 0.244 e. The lowest BCUT2D eigenvalue weighted by atomic mass is 10.0. The number of benzene rings is 2. The molecule has 2 aromatic carbocycles. The van der Waals surface area contributed by atoms with Crippen LogP contribution in [0.4, 0.5) is 0 Å². The number of rotatable bonds is 6. The van der Waals surface area contributed by atoms with Crippen LogP contribution in [0.5, 0.6) is 5.75 Å². The van der Waals surface area contributed by atoms with Crippen molar-refractivity contribution in [3.8, 4) is 5.75 Å². The van der Waals surface area contributed by atoms with Crippen molar-refractivity contribution in [2.45, 2.75) is 12.8 Å². The van der Waals surface area contributed by atoms with Crippen LogP contribution in [0, 0.1) is 0 Å². The molecule has 0 saturated heterocycles. The largest absolute Gasteiger partial charge is 0.497 e. The summed E-state index contributed by atoms with van der Waals surface area (Å²) < 4.78 is 5.10. The molecule has 114 valence electrons. The highest BCUT2D eigenvalue weighted by atomic mass is 16.5. The van der Waals surface area contributed by atoms with E-state index >= 15 is 0 Å². The maximum Gasteiger partial charge on any atom is 0.244 e. The molecule has 22 heavy (non-hydrogen) atoms. The summed E-state index contributed by atoms with van der Waals surface area (Å²) in [5, 5.41) is 2.92. The van der Waals surface area contributed by atoms with Gasteiger partial charge in [-0.2, -0.15) is 0 Å². The van der Waals surface area contributed by atoms with Crippen molar-refractivity contribution in [3.05, 3.63) is 71.8 Å². The van der Waals surface area contributed by atoms with Gasteiger partial charge in [0.1, 0.15) is 5.75 Å². The minimum atomic E-state index is -0.0846. The maximum atomic E-state index is 11.9. The number of hydrogen-bond donors (Lipinski definition) is 1. The number of hydrogen-bond acceptors (Lipinski definition) is 2. The molecule has 0 aromatic heterocycles. The van der Waals surface area contributed by atoms with Crippen LogP contribution in [0.15, 0.2) is 60.7 Å². The molecule has 0 unspecified atom stereocenters. The van der Waals surface area contributed by atoms with Crippen LogP contribution in [0.2, 0.25) is 0 Å². The molecule has 0 radical (unpaired) electrons. The summed E-state index contributed by atoms with van der Waals surface area (Å²) in [4.78, 5) is 11.9. The van der Waals surface area contributed by atoms with Crippen LogP contribution < -0.4 is 10.1 Å². The summed E-state index contributed by atoms with van der Waals surface area (Å²) in [6.45, 7) is 2.72. The molecular formula is C19H21NO2. The predicted molar refractivity (Wildman–Crippen MR) is 89.9 cm³/mol. The number of ether oxygens (including phenoxy) is 1. The molecule has 0 aliphatic heterocycles. The monoisotopic (exact) mass is 295 g/mol. The Morgan fingerprint density at radius 3 is 2.45 bits per heavy atom. The quantitative estimate of drug-likeness (QED) is 0.826. The first-order valence-electron chi connectivity index (χ1n) is 7.34. The molecule has 1 N–H and O–H groups in total. The third-order valence-corrected chi connectivity index (χ3v) is 3.49. The molecule has 3 heteroatoms. The van der Waals surface area contributed by atoms with Gasteiger partial charge in [-0.05, 0) is 35.3 Å². The van der Waals surface area contributed by atoms with Gasteiger partial charge in [0, 0.05) is 12.6 Å². The second-order valence-corrected chi connectivity index (χ2v) is 5.16. The summed E-state index contributed by atoms with van der Waals surface area (Å²) >= 11 is 0. The minimum Gasteiger partial charge on any atom is -0.497 e. The van der Waals surface area contributed by atoms with Gasteiger partial charge in [-0.25, -0.2) is 0 Å². The first-order valence-corrected chi connectivity index (χ1v) is 7.34. The number of carbonyl (C=O) groups is 1. The lowest BCUT2D eigenvalue weighted by Crippen LogP contribution is -2.25. The molecule has 1 atom stereocenters. The SMILES string of the molecule is COc1ccc(/C=C/C(=O)NC[C@@H](C)c2ccccc2)cc1. The number of carbonyl (C=O) groups excluding carboxylic acids is 1. The second kappa shape index (κ2) is 8.03. The Kier molecular flexibility index (Phi) is 5.78. The average molecular weight is 295 g/mol. The maximum absolute atomic E-state index is 11.9. The highest BCUT2D eigenvalue weighted by molar-refractivity contribution is 5.91. The fourth-order valence-electron chi connectivity index (χ4n) is 2.10. The molecule has 2 aromatic rings. The first-order chi connectivity index (χ1) is 10.7. The van der Waals surface area contributed by atoms with Crippen molar-refractivity contribution in [1.82, 2.24) is 5.32 Å². The Morgan fingerprint density at radius 2 is 1.82 bits per heavy atom. The van der Waals surface area contributed by atoms with Gasteiger partial charge in [0.05, 0.1) is 7.11 Å². The molecule has 0 aliphatic rings.